The lowest BCUT2D eigenvalue weighted by Gasteiger charge is -2.32. The molecule has 1 heterocycles. The standard InChI is InChI=1S/C34H58N4O12/c1-31(2,3)47-19-22(36-26(41)21(18-25(40)49-33(7,8)9)37-30(46)50-34(10,11)12)28(43)38-17-13-14-23(38)27(42)35-20(29(44)45)15-16-24(39)48-32(4,5)6/h20-23H,13-19H2,1-12H3,(H,35,42)(H,36,41)(H,37,46)(H,44,45)/t20-,21-,22-,23-/m0/s1. The zero-order valence-electron chi connectivity index (χ0n) is 31.6. The summed E-state index contributed by atoms with van der Waals surface area (Å²) in [6, 6.07) is -5.40. The molecular weight excluding hydrogens is 656 g/mol. The van der Waals surface area contributed by atoms with E-state index < -0.39 is 94.7 Å². The van der Waals surface area contributed by atoms with Crippen LogP contribution in [0.1, 0.15) is 115 Å². The van der Waals surface area contributed by atoms with Gasteiger partial charge in [0.1, 0.15) is 41.0 Å². The fourth-order valence-corrected chi connectivity index (χ4v) is 4.67. The Morgan fingerprint density at radius 1 is 0.700 bits per heavy atom. The largest absolute Gasteiger partial charge is 0.480 e. The van der Waals surface area contributed by atoms with E-state index in [1.54, 1.807) is 83.1 Å². The molecular formula is C34H58N4O12. The van der Waals surface area contributed by atoms with Gasteiger partial charge in [0.05, 0.1) is 18.6 Å². The number of esters is 2. The summed E-state index contributed by atoms with van der Waals surface area (Å²) in [5.41, 5.74) is -3.33. The lowest BCUT2D eigenvalue weighted by Crippen LogP contribution is -2.59. The number of rotatable bonds is 14. The van der Waals surface area contributed by atoms with Crippen LogP contribution in [0.25, 0.3) is 0 Å². The highest BCUT2D eigenvalue weighted by atomic mass is 16.6. The topological polar surface area (TPSA) is 216 Å². The van der Waals surface area contributed by atoms with Crippen LogP contribution in [-0.2, 0) is 47.7 Å². The molecule has 4 N–H and O–H groups in total. The molecule has 4 atom stereocenters. The number of carbonyl (C=O) groups is 7. The summed E-state index contributed by atoms with van der Waals surface area (Å²) < 4.78 is 21.7. The van der Waals surface area contributed by atoms with Crippen LogP contribution < -0.4 is 16.0 Å². The molecule has 0 unspecified atom stereocenters. The van der Waals surface area contributed by atoms with Crippen molar-refractivity contribution in [2.45, 2.75) is 162 Å². The minimum Gasteiger partial charge on any atom is -0.480 e. The van der Waals surface area contributed by atoms with Crippen molar-refractivity contribution in [3.05, 3.63) is 0 Å². The maximum Gasteiger partial charge on any atom is 0.408 e. The van der Waals surface area contributed by atoms with E-state index in [2.05, 4.69) is 16.0 Å². The molecule has 1 aliphatic heterocycles. The van der Waals surface area contributed by atoms with Gasteiger partial charge in [0.2, 0.25) is 17.7 Å². The minimum absolute atomic E-state index is 0.117. The van der Waals surface area contributed by atoms with Gasteiger partial charge in [0.25, 0.3) is 0 Å². The van der Waals surface area contributed by atoms with Crippen molar-refractivity contribution in [3.63, 3.8) is 0 Å². The van der Waals surface area contributed by atoms with Crippen LogP contribution in [0, 0.1) is 0 Å². The predicted molar refractivity (Wildman–Crippen MR) is 181 cm³/mol. The Labute approximate surface area is 295 Å². The second kappa shape index (κ2) is 17.8. The summed E-state index contributed by atoms with van der Waals surface area (Å²) in [4.78, 5) is 91.7. The highest BCUT2D eigenvalue weighted by Gasteiger charge is 2.40. The van der Waals surface area contributed by atoms with E-state index in [1.807, 2.05) is 0 Å². The Balaban J connectivity index is 3.26. The number of carboxylic acid groups (broad SMARTS) is 1. The van der Waals surface area contributed by atoms with Gasteiger partial charge in [-0.05, 0) is 102 Å². The maximum atomic E-state index is 14.0. The van der Waals surface area contributed by atoms with Crippen molar-refractivity contribution in [3.8, 4) is 0 Å². The van der Waals surface area contributed by atoms with Crippen molar-refractivity contribution in [1.29, 1.82) is 0 Å². The molecule has 1 aliphatic rings. The molecule has 0 aromatic heterocycles. The molecule has 1 rings (SSSR count). The molecule has 0 spiro atoms. The van der Waals surface area contributed by atoms with Crippen LogP contribution in [0.5, 0.6) is 0 Å². The molecule has 0 bridgehead atoms. The number of alkyl carbamates (subject to hydrolysis) is 1. The average Bonchev–Trinajstić information content (AvgIpc) is 3.38. The molecule has 0 aliphatic carbocycles. The molecule has 50 heavy (non-hydrogen) atoms. The zero-order chi connectivity index (χ0) is 38.8. The zero-order valence-corrected chi connectivity index (χ0v) is 31.6. The van der Waals surface area contributed by atoms with Crippen LogP contribution >= 0.6 is 0 Å². The molecule has 4 amide bonds. The van der Waals surface area contributed by atoms with Gasteiger partial charge in [0, 0.05) is 13.0 Å². The minimum atomic E-state index is -1.51. The summed E-state index contributed by atoms with van der Waals surface area (Å²) in [5.74, 6) is -5.14. The van der Waals surface area contributed by atoms with Crippen LogP contribution in [-0.4, -0.2) is 111 Å². The molecule has 1 saturated heterocycles. The van der Waals surface area contributed by atoms with E-state index in [4.69, 9.17) is 18.9 Å². The summed E-state index contributed by atoms with van der Waals surface area (Å²) in [6.45, 7) is 19.8. The Morgan fingerprint density at radius 3 is 1.74 bits per heavy atom. The van der Waals surface area contributed by atoms with Crippen molar-refractivity contribution in [1.82, 2.24) is 20.9 Å². The third kappa shape index (κ3) is 17.6. The first-order valence-corrected chi connectivity index (χ1v) is 16.8. The lowest BCUT2D eigenvalue weighted by atomic mass is 10.1. The van der Waals surface area contributed by atoms with Crippen LogP contribution in [0.15, 0.2) is 0 Å². The van der Waals surface area contributed by atoms with Gasteiger partial charge >= 0.3 is 24.0 Å². The Bertz CT molecular complexity index is 1210. The summed E-state index contributed by atoms with van der Waals surface area (Å²) >= 11 is 0. The normalized spacial score (nSPS) is 17.1. The summed E-state index contributed by atoms with van der Waals surface area (Å²) in [7, 11) is 0. The number of amides is 4. The Hall–Kier alpha value is -3.95. The third-order valence-corrected chi connectivity index (χ3v) is 6.61. The quantitative estimate of drug-likeness (QED) is 0.151. The average molecular weight is 715 g/mol. The van der Waals surface area contributed by atoms with Crippen molar-refractivity contribution >= 4 is 41.7 Å². The number of likely N-dealkylation sites (tertiary alicyclic amines) is 1. The fraction of sp³-hybridized carbons (Fsp3) is 0.794. The first kappa shape index (κ1) is 44.1. The summed E-state index contributed by atoms with van der Waals surface area (Å²) in [6.07, 6.45) is -1.45. The van der Waals surface area contributed by atoms with Gasteiger partial charge in [-0.2, -0.15) is 0 Å². The van der Waals surface area contributed by atoms with E-state index in [-0.39, 0.29) is 32.4 Å². The molecule has 16 nitrogen and oxygen atoms in total. The maximum absolute atomic E-state index is 14.0. The third-order valence-electron chi connectivity index (χ3n) is 6.61. The Kier molecular flexibility index (Phi) is 15.7. The van der Waals surface area contributed by atoms with Gasteiger partial charge in [-0.1, -0.05) is 0 Å². The number of nitrogens with one attached hydrogen (secondary N) is 3. The first-order chi connectivity index (χ1) is 22.6. The second-order valence-electron chi connectivity index (χ2n) is 16.2. The highest BCUT2D eigenvalue weighted by molar-refractivity contribution is 5.96. The second-order valence-corrected chi connectivity index (χ2v) is 16.2. The van der Waals surface area contributed by atoms with E-state index >= 15 is 0 Å². The summed E-state index contributed by atoms with van der Waals surface area (Å²) in [5, 5.41) is 17.1. The van der Waals surface area contributed by atoms with Crippen molar-refractivity contribution in [2.75, 3.05) is 13.2 Å². The van der Waals surface area contributed by atoms with Gasteiger partial charge in [0.15, 0.2) is 0 Å². The van der Waals surface area contributed by atoms with E-state index in [0.29, 0.717) is 6.42 Å². The highest BCUT2D eigenvalue weighted by Crippen LogP contribution is 2.21. The monoisotopic (exact) mass is 714 g/mol. The number of aliphatic carboxylic acids is 1. The Morgan fingerprint density at radius 2 is 1.24 bits per heavy atom. The smallest absolute Gasteiger partial charge is 0.408 e. The van der Waals surface area contributed by atoms with Crippen molar-refractivity contribution < 1.29 is 57.6 Å². The number of hydrogen-bond donors (Lipinski definition) is 4. The van der Waals surface area contributed by atoms with Gasteiger partial charge in [-0.15, -0.1) is 0 Å². The number of carboxylic acids is 1. The van der Waals surface area contributed by atoms with E-state index in [1.165, 1.54) is 4.90 Å². The molecule has 16 heteroatoms. The van der Waals surface area contributed by atoms with Crippen LogP contribution in [0.3, 0.4) is 0 Å². The van der Waals surface area contributed by atoms with Gasteiger partial charge in [-0.25, -0.2) is 9.59 Å². The number of carbonyl (C=O) groups excluding carboxylic acids is 6. The van der Waals surface area contributed by atoms with Gasteiger partial charge < -0.3 is 44.9 Å². The van der Waals surface area contributed by atoms with Gasteiger partial charge in [-0.3, -0.25) is 24.0 Å². The molecule has 286 valence electrons. The van der Waals surface area contributed by atoms with E-state index in [9.17, 15) is 38.7 Å². The number of nitrogens with zero attached hydrogens (tertiary/aromatic N) is 1. The predicted octanol–water partition coefficient (Wildman–Crippen LogP) is 2.59. The molecule has 0 saturated carbocycles. The van der Waals surface area contributed by atoms with Crippen molar-refractivity contribution in [2.24, 2.45) is 0 Å². The SMILES string of the molecule is CC(C)(C)OC[C@H](NC(=O)[C@H](CC(=O)OC(C)(C)C)NC(=O)OC(C)(C)C)C(=O)N1CCC[C@H]1C(=O)N[C@@H](CCC(=O)OC(C)(C)C)C(=O)O. The molecule has 0 aromatic rings. The molecule has 0 radical (unpaired) electrons. The number of ether oxygens (including phenoxy) is 4. The molecule has 1 fully saturated rings. The first-order valence-electron chi connectivity index (χ1n) is 16.8. The van der Waals surface area contributed by atoms with Crippen LogP contribution in [0.4, 0.5) is 4.79 Å². The number of hydrogen-bond acceptors (Lipinski definition) is 11. The van der Waals surface area contributed by atoms with Crippen LogP contribution in [0.2, 0.25) is 0 Å². The lowest BCUT2D eigenvalue weighted by molar-refractivity contribution is -0.157. The molecule has 0 aromatic carbocycles. The van der Waals surface area contributed by atoms with E-state index in [0.717, 1.165) is 0 Å². The fourth-order valence-electron chi connectivity index (χ4n) is 4.67.